The number of rotatable bonds is 7. The normalized spacial score (nSPS) is 14.6. The fourth-order valence-corrected chi connectivity index (χ4v) is 2.08. The number of halogens is 1. The molecule has 0 heterocycles. The van der Waals surface area contributed by atoms with Crippen LogP contribution in [0, 0.1) is 16.0 Å². The summed E-state index contributed by atoms with van der Waals surface area (Å²) in [5.41, 5.74) is 5.92. The smallest absolute Gasteiger partial charge is 0.311 e. The van der Waals surface area contributed by atoms with Crippen LogP contribution in [0.1, 0.15) is 30.1 Å². The van der Waals surface area contributed by atoms with Gasteiger partial charge in [0.15, 0.2) is 5.75 Å². The fraction of sp³-hybridized carbons (Fsp3) is 0.500. The van der Waals surface area contributed by atoms with Gasteiger partial charge in [0.1, 0.15) is 0 Å². The van der Waals surface area contributed by atoms with E-state index in [9.17, 15) is 14.9 Å². The Kier molecular flexibility index (Phi) is 6.58. The number of nitrogens with zero attached hydrogens (tertiary/aromatic N) is 1. The van der Waals surface area contributed by atoms with E-state index in [1.807, 2.05) is 0 Å². The van der Waals surface area contributed by atoms with Crippen molar-refractivity contribution in [3.63, 3.8) is 0 Å². The third-order valence-electron chi connectivity index (χ3n) is 3.44. The lowest BCUT2D eigenvalue weighted by Gasteiger charge is -2.12. The molecule has 1 aliphatic rings. The van der Waals surface area contributed by atoms with E-state index >= 15 is 0 Å². The molecular weight excluding hydrogens is 310 g/mol. The summed E-state index contributed by atoms with van der Waals surface area (Å²) in [6.07, 6.45) is 2.21. The first kappa shape index (κ1) is 18.2. The summed E-state index contributed by atoms with van der Waals surface area (Å²) in [6, 6.07) is 4.13. The number of carbonyl (C=O) groups is 1. The van der Waals surface area contributed by atoms with Gasteiger partial charge in [-0.2, -0.15) is 0 Å². The predicted octanol–water partition coefficient (Wildman–Crippen LogP) is 1.88. The minimum absolute atomic E-state index is 0. The minimum atomic E-state index is -0.558. The molecule has 1 aliphatic carbocycles. The lowest BCUT2D eigenvalue weighted by Crippen LogP contribution is -2.38. The topological polar surface area (TPSA) is 107 Å². The van der Waals surface area contributed by atoms with Crippen LogP contribution in [-0.4, -0.2) is 30.0 Å². The monoisotopic (exact) mass is 329 g/mol. The molecule has 122 valence electrons. The van der Waals surface area contributed by atoms with Gasteiger partial charge in [-0.1, -0.05) is 0 Å². The largest absolute Gasteiger partial charge is 0.487 e. The van der Waals surface area contributed by atoms with Crippen molar-refractivity contribution in [1.82, 2.24) is 5.32 Å². The highest BCUT2D eigenvalue weighted by Gasteiger charge is 2.28. The quantitative estimate of drug-likeness (QED) is 0.586. The summed E-state index contributed by atoms with van der Waals surface area (Å²) in [6.45, 7) is 2.44. The molecule has 7 nitrogen and oxygen atoms in total. The molecule has 1 unspecified atom stereocenters. The maximum absolute atomic E-state index is 12.0. The van der Waals surface area contributed by atoms with E-state index in [1.54, 1.807) is 6.92 Å². The van der Waals surface area contributed by atoms with Gasteiger partial charge in [-0.15, -0.1) is 12.4 Å². The van der Waals surface area contributed by atoms with Crippen LogP contribution >= 0.6 is 12.4 Å². The maximum Gasteiger partial charge on any atom is 0.311 e. The second kappa shape index (κ2) is 7.95. The molecule has 2 rings (SSSR count). The van der Waals surface area contributed by atoms with Crippen molar-refractivity contribution in [2.24, 2.45) is 11.7 Å². The molecule has 8 heteroatoms. The van der Waals surface area contributed by atoms with Crippen LogP contribution in [0.15, 0.2) is 18.2 Å². The first-order chi connectivity index (χ1) is 10.0. The van der Waals surface area contributed by atoms with Crippen LogP contribution < -0.4 is 15.8 Å². The Morgan fingerprint density at radius 1 is 1.55 bits per heavy atom. The van der Waals surface area contributed by atoms with Crippen LogP contribution in [0.4, 0.5) is 5.69 Å². The van der Waals surface area contributed by atoms with Crippen molar-refractivity contribution in [3.05, 3.63) is 33.9 Å². The number of carbonyl (C=O) groups excluding carboxylic acids is 1. The Morgan fingerprint density at radius 2 is 2.23 bits per heavy atom. The summed E-state index contributed by atoms with van der Waals surface area (Å²) < 4.78 is 5.18. The molecule has 0 spiro atoms. The number of ether oxygens (including phenoxy) is 1. The summed E-state index contributed by atoms with van der Waals surface area (Å²) in [4.78, 5) is 22.5. The van der Waals surface area contributed by atoms with E-state index in [4.69, 9.17) is 10.5 Å². The number of benzene rings is 1. The van der Waals surface area contributed by atoms with Crippen LogP contribution in [0.25, 0.3) is 0 Å². The zero-order valence-corrected chi connectivity index (χ0v) is 13.1. The minimum Gasteiger partial charge on any atom is -0.487 e. The molecule has 1 amide bonds. The average Bonchev–Trinajstić information content (AvgIpc) is 3.29. The second-order valence-electron chi connectivity index (χ2n) is 5.08. The number of hydrogen-bond donors (Lipinski definition) is 2. The van der Waals surface area contributed by atoms with Gasteiger partial charge in [0, 0.05) is 24.2 Å². The summed E-state index contributed by atoms with van der Waals surface area (Å²) in [7, 11) is 0. The molecule has 0 radical (unpaired) electrons. The van der Waals surface area contributed by atoms with E-state index in [0.29, 0.717) is 19.1 Å². The van der Waals surface area contributed by atoms with Gasteiger partial charge < -0.3 is 15.8 Å². The van der Waals surface area contributed by atoms with Crippen molar-refractivity contribution in [3.8, 4) is 5.75 Å². The molecule has 0 aromatic heterocycles. The highest BCUT2D eigenvalue weighted by Crippen LogP contribution is 2.31. The average molecular weight is 330 g/mol. The molecule has 3 N–H and O–H groups in total. The van der Waals surface area contributed by atoms with E-state index in [0.717, 1.165) is 12.8 Å². The fourth-order valence-electron chi connectivity index (χ4n) is 2.08. The van der Waals surface area contributed by atoms with Gasteiger partial charge in [-0.25, -0.2) is 0 Å². The first-order valence-electron chi connectivity index (χ1n) is 6.98. The molecule has 1 atom stereocenters. The van der Waals surface area contributed by atoms with Crippen molar-refractivity contribution in [2.45, 2.75) is 25.8 Å². The SMILES string of the molecule is CCOc1ccc(C(=O)NCC(N)C2CC2)cc1[N+](=O)[O-].Cl. The number of nitro groups is 1. The zero-order valence-electron chi connectivity index (χ0n) is 12.3. The predicted molar refractivity (Wildman–Crippen MR) is 84.5 cm³/mol. The number of amides is 1. The standard InChI is InChI=1S/C14H19N3O4.ClH/c1-2-21-13-6-5-10(7-12(13)17(19)20)14(18)16-8-11(15)9-3-4-9;/h5-7,9,11H,2-4,8,15H2,1H3,(H,16,18);1H. The Labute approximate surface area is 134 Å². The Hall–Kier alpha value is -1.86. The second-order valence-corrected chi connectivity index (χ2v) is 5.08. The van der Waals surface area contributed by atoms with Crippen LogP contribution in [-0.2, 0) is 0 Å². The molecule has 0 saturated heterocycles. The Bertz CT molecular complexity index is 549. The van der Waals surface area contributed by atoms with E-state index < -0.39 is 4.92 Å². The van der Waals surface area contributed by atoms with Crippen molar-refractivity contribution in [1.29, 1.82) is 0 Å². The number of nitro benzene ring substituents is 1. The van der Waals surface area contributed by atoms with Gasteiger partial charge in [-0.3, -0.25) is 14.9 Å². The number of nitrogens with two attached hydrogens (primary N) is 1. The number of nitrogens with one attached hydrogen (secondary N) is 1. The summed E-state index contributed by atoms with van der Waals surface area (Å²) >= 11 is 0. The van der Waals surface area contributed by atoms with Gasteiger partial charge >= 0.3 is 5.69 Å². The van der Waals surface area contributed by atoms with Crippen LogP contribution in [0.5, 0.6) is 5.75 Å². The first-order valence-corrected chi connectivity index (χ1v) is 6.98. The molecule has 22 heavy (non-hydrogen) atoms. The maximum atomic E-state index is 12.0. The molecule has 0 bridgehead atoms. The third-order valence-corrected chi connectivity index (χ3v) is 3.44. The Morgan fingerprint density at radius 3 is 2.77 bits per heavy atom. The lowest BCUT2D eigenvalue weighted by molar-refractivity contribution is -0.385. The van der Waals surface area contributed by atoms with E-state index in [1.165, 1.54) is 18.2 Å². The summed E-state index contributed by atoms with van der Waals surface area (Å²) in [5.74, 6) is 0.283. The molecule has 1 aromatic carbocycles. The van der Waals surface area contributed by atoms with Crippen LogP contribution in [0.2, 0.25) is 0 Å². The Balaban J connectivity index is 0.00000242. The molecule has 1 fully saturated rings. The lowest BCUT2D eigenvalue weighted by atomic mass is 10.1. The van der Waals surface area contributed by atoms with E-state index in [-0.39, 0.29) is 41.4 Å². The molecule has 1 saturated carbocycles. The van der Waals surface area contributed by atoms with Gasteiger partial charge in [0.05, 0.1) is 11.5 Å². The van der Waals surface area contributed by atoms with Crippen molar-refractivity contribution < 1.29 is 14.5 Å². The zero-order chi connectivity index (χ0) is 15.4. The van der Waals surface area contributed by atoms with Gasteiger partial charge in [-0.05, 0) is 37.8 Å². The highest BCUT2D eigenvalue weighted by atomic mass is 35.5. The van der Waals surface area contributed by atoms with Crippen molar-refractivity contribution in [2.75, 3.05) is 13.2 Å². The van der Waals surface area contributed by atoms with Gasteiger partial charge in [0.2, 0.25) is 0 Å². The van der Waals surface area contributed by atoms with Gasteiger partial charge in [0.25, 0.3) is 5.91 Å². The van der Waals surface area contributed by atoms with E-state index in [2.05, 4.69) is 5.32 Å². The summed E-state index contributed by atoms with van der Waals surface area (Å²) in [5, 5.41) is 13.7. The van der Waals surface area contributed by atoms with Crippen LogP contribution in [0.3, 0.4) is 0 Å². The molecule has 0 aliphatic heterocycles. The molecular formula is C14H20ClN3O4. The van der Waals surface area contributed by atoms with Crippen molar-refractivity contribution >= 4 is 24.0 Å². The third kappa shape index (κ3) is 4.57. The highest BCUT2D eigenvalue weighted by molar-refractivity contribution is 5.95. The number of hydrogen-bond acceptors (Lipinski definition) is 5. The molecule has 1 aromatic rings.